The highest BCUT2D eigenvalue weighted by molar-refractivity contribution is 5.36. The molecule has 54 valence electrons. The van der Waals surface area contributed by atoms with E-state index in [1.54, 1.807) is 6.92 Å². The van der Waals surface area contributed by atoms with Crippen molar-refractivity contribution >= 4 is 5.82 Å². The van der Waals surface area contributed by atoms with Crippen molar-refractivity contribution in [2.45, 2.75) is 13.5 Å². The van der Waals surface area contributed by atoms with Gasteiger partial charge in [-0.1, -0.05) is 0 Å². The summed E-state index contributed by atoms with van der Waals surface area (Å²) in [4.78, 5) is 7.71. The van der Waals surface area contributed by atoms with Gasteiger partial charge in [-0.2, -0.15) is 0 Å². The minimum Gasteiger partial charge on any atom is -0.391 e. The van der Waals surface area contributed by atoms with Crippen molar-refractivity contribution in [1.29, 1.82) is 0 Å². The highest BCUT2D eigenvalue weighted by Gasteiger charge is 1.97. The van der Waals surface area contributed by atoms with Crippen molar-refractivity contribution in [3.63, 3.8) is 0 Å². The van der Waals surface area contributed by atoms with Crippen LogP contribution in [0.15, 0.2) is 6.20 Å². The molecule has 0 aliphatic rings. The maximum Gasteiger partial charge on any atom is 0.132 e. The summed E-state index contributed by atoms with van der Waals surface area (Å²) in [6.07, 6.45) is 1.53. The number of aryl methyl sites for hydroxylation is 1. The molecule has 4 heteroatoms. The number of anilines is 1. The summed E-state index contributed by atoms with van der Waals surface area (Å²) >= 11 is 0. The van der Waals surface area contributed by atoms with Crippen molar-refractivity contribution in [2.24, 2.45) is 0 Å². The maximum atomic E-state index is 8.65. The molecule has 0 bridgehead atoms. The van der Waals surface area contributed by atoms with Crippen molar-refractivity contribution in [2.75, 3.05) is 5.73 Å². The topological polar surface area (TPSA) is 72.0 Å². The van der Waals surface area contributed by atoms with Crippen LogP contribution in [0.2, 0.25) is 0 Å². The number of aliphatic hydroxyl groups is 1. The van der Waals surface area contributed by atoms with Gasteiger partial charge in [0, 0.05) is 11.8 Å². The summed E-state index contributed by atoms with van der Waals surface area (Å²) in [5.74, 6) is 0.977. The number of aliphatic hydroxyl groups excluding tert-OH is 1. The molecule has 4 nitrogen and oxygen atoms in total. The van der Waals surface area contributed by atoms with Crippen molar-refractivity contribution in [3.05, 3.63) is 17.6 Å². The number of nitrogens with two attached hydrogens (primary N) is 1. The molecule has 0 atom stereocenters. The van der Waals surface area contributed by atoms with Crippen LogP contribution in [0.5, 0.6) is 0 Å². The Morgan fingerprint density at radius 3 is 2.90 bits per heavy atom. The third-order valence-corrected chi connectivity index (χ3v) is 1.19. The summed E-state index contributed by atoms with van der Waals surface area (Å²) in [7, 11) is 0. The van der Waals surface area contributed by atoms with Gasteiger partial charge in [0.15, 0.2) is 0 Å². The fourth-order valence-corrected chi connectivity index (χ4v) is 0.634. The molecule has 0 spiro atoms. The van der Waals surface area contributed by atoms with E-state index in [-0.39, 0.29) is 6.61 Å². The van der Waals surface area contributed by atoms with Crippen LogP contribution in [-0.4, -0.2) is 15.1 Å². The van der Waals surface area contributed by atoms with Gasteiger partial charge in [-0.3, -0.25) is 0 Å². The second kappa shape index (κ2) is 2.62. The molecular weight excluding hydrogens is 130 g/mol. The van der Waals surface area contributed by atoms with Crippen LogP contribution >= 0.6 is 0 Å². The summed E-state index contributed by atoms with van der Waals surface area (Å²) < 4.78 is 0. The molecule has 0 saturated carbocycles. The van der Waals surface area contributed by atoms with E-state index < -0.39 is 0 Å². The lowest BCUT2D eigenvalue weighted by molar-refractivity contribution is 0.281. The average Bonchev–Trinajstić information content (AvgIpc) is 1.88. The molecule has 1 aromatic rings. The summed E-state index contributed by atoms with van der Waals surface area (Å²) in [6, 6.07) is 0. The van der Waals surface area contributed by atoms with E-state index in [0.717, 1.165) is 0 Å². The molecule has 0 aromatic carbocycles. The fourth-order valence-electron chi connectivity index (χ4n) is 0.634. The Bertz CT molecular complexity index is 236. The lowest BCUT2D eigenvalue weighted by atomic mass is 10.3. The smallest absolute Gasteiger partial charge is 0.132 e. The van der Waals surface area contributed by atoms with E-state index in [0.29, 0.717) is 17.2 Å². The Hall–Kier alpha value is -1.16. The maximum absolute atomic E-state index is 8.65. The van der Waals surface area contributed by atoms with Crippen LogP contribution in [0.25, 0.3) is 0 Å². The summed E-state index contributed by atoms with van der Waals surface area (Å²) in [6.45, 7) is 1.64. The largest absolute Gasteiger partial charge is 0.391 e. The first-order chi connectivity index (χ1) is 4.74. The Labute approximate surface area is 58.7 Å². The van der Waals surface area contributed by atoms with Crippen LogP contribution in [0.4, 0.5) is 5.82 Å². The van der Waals surface area contributed by atoms with E-state index in [2.05, 4.69) is 9.97 Å². The molecular formula is C6H9N3O. The molecule has 0 radical (unpaired) electrons. The molecule has 0 aliphatic heterocycles. The second-order valence-electron chi connectivity index (χ2n) is 1.99. The first-order valence-corrected chi connectivity index (χ1v) is 2.93. The quantitative estimate of drug-likeness (QED) is 0.568. The van der Waals surface area contributed by atoms with Crippen molar-refractivity contribution < 1.29 is 5.11 Å². The van der Waals surface area contributed by atoms with Gasteiger partial charge in [0.25, 0.3) is 0 Å². The molecule has 1 heterocycles. The van der Waals surface area contributed by atoms with Crippen LogP contribution < -0.4 is 5.73 Å². The highest BCUT2D eigenvalue weighted by atomic mass is 16.3. The zero-order valence-electron chi connectivity index (χ0n) is 5.70. The molecule has 0 aliphatic carbocycles. The molecule has 1 rings (SSSR count). The lowest BCUT2D eigenvalue weighted by Gasteiger charge is -1.99. The van der Waals surface area contributed by atoms with Gasteiger partial charge >= 0.3 is 0 Å². The Morgan fingerprint density at radius 2 is 2.40 bits per heavy atom. The molecule has 0 saturated heterocycles. The van der Waals surface area contributed by atoms with Crippen molar-refractivity contribution in [1.82, 2.24) is 9.97 Å². The third-order valence-electron chi connectivity index (χ3n) is 1.19. The first-order valence-electron chi connectivity index (χ1n) is 2.93. The minimum atomic E-state index is -0.105. The first kappa shape index (κ1) is 6.95. The molecule has 1 aromatic heterocycles. The zero-order valence-corrected chi connectivity index (χ0v) is 5.70. The monoisotopic (exact) mass is 139 g/mol. The number of hydrogen-bond acceptors (Lipinski definition) is 4. The predicted octanol–water partition coefficient (Wildman–Crippen LogP) is -0.140. The Kier molecular flexibility index (Phi) is 1.82. The molecule has 10 heavy (non-hydrogen) atoms. The van der Waals surface area contributed by atoms with E-state index in [1.807, 2.05) is 0 Å². The van der Waals surface area contributed by atoms with Gasteiger partial charge in [-0.15, -0.1) is 0 Å². The van der Waals surface area contributed by atoms with E-state index in [9.17, 15) is 0 Å². The van der Waals surface area contributed by atoms with Gasteiger partial charge in [0.05, 0.1) is 6.61 Å². The number of aromatic nitrogens is 2. The third kappa shape index (κ3) is 1.22. The number of nitrogens with zero attached hydrogens (tertiary/aromatic N) is 2. The summed E-state index contributed by atoms with van der Waals surface area (Å²) in [5.41, 5.74) is 6.00. The zero-order chi connectivity index (χ0) is 7.56. The lowest BCUT2D eigenvalue weighted by Crippen LogP contribution is -2.00. The minimum absolute atomic E-state index is 0.105. The Balaban J connectivity index is 3.07. The standard InChI is InChI=1S/C6H9N3O/c1-4-8-2-5(3-10)6(7)9-4/h2,10H,3H2,1H3,(H2,7,8,9). The van der Waals surface area contributed by atoms with Gasteiger partial charge in [-0.25, -0.2) is 9.97 Å². The SMILES string of the molecule is Cc1ncc(CO)c(N)n1. The number of hydrogen-bond donors (Lipinski definition) is 2. The number of nitrogen functional groups attached to an aromatic ring is 1. The van der Waals surface area contributed by atoms with Gasteiger partial charge in [0.2, 0.25) is 0 Å². The molecule has 3 N–H and O–H groups in total. The van der Waals surface area contributed by atoms with Gasteiger partial charge in [0.1, 0.15) is 11.6 Å². The van der Waals surface area contributed by atoms with Gasteiger partial charge in [-0.05, 0) is 6.92 Å². The predicted molar refractivity (Wildman–Crippen MR) is 37.1 cm³/mol. The van der Waals surface area contributed by atoms with Crippen LogP contribution in [0.1, 0.15) is 11.4 Å². The fraction of sp³-hybridized carbons (Fsp3) is 0.333. The van der Waals surface area contributed by atoms with Gasteiger partial charge < -0.3 is 10.8 Å². The normalized spacial score (nSPS) is 9.80. The molecule has 0 amide bonds. The molecule has 0 fully saturated rings. The van der Waals surface area contributed by atoms with Crippen LogP contribution in [0.3, 0.4) is 0 Å². The average molecular weight is 139 g/mol. The second-order valence-corrected chi connectivity index (χ2v) is 1.99. The van der Waals surface area contributed by atoms with Crippen LogP contribution in [-0.2, 0) is 6.61 Å². The summed E-state index contributed by atoms with van der Waals surface area (Å²) in [5, 5.41) is 8.65. The van der Waals surface area contributed by atoms with Crippen LogP contribution in [0, 0.1) is 6.92 Å². The number of rotatable bonds is 1. The highest BCUT2D eigenvalue weighted by Crippen LogP contribution is 2.05. The van der Waals surface area contributed by atoms with E-state index >= 15 is 0 Å². The van der Waals surface area contributed by atoms with E-state index in [1.165, 1.54) is 6.20 Å². The Morgan fingerprint density at radius 1 is 1.70 bits per heavy atom. The molecule has 0 unspecified atom stereocenters. The van der Waals surface area contributed by atoms with Crippen molar-refractivity contribution in [3.8, 4) is 0 Å². The van der Waals surface area contributed by atoms with E-state index in [4.69, 9.17) is 10.8 Å².